The number of hydrogen-bond acceptors (Lipinski definition) is 4. The van der Waals surface area contributed by atoms with Crippen LogP contribution in [0, 0.1) is 5.41 Å². The maximum absolute atomic E-state index is 6.78. The van der Waals surface area contributed by atoms with Crippen molar-refractivity contribution in [2.45, 2.75) is 18.9 Å². The first-order valence-electron chi connectivity index (χ1n) is 4.54. The van der Waals surface area contributed by atoms with Crippen LogP contribution in [0.3, 0.4) is 0 Å². The van der Waals surface area contributed by atoms with Gasteiger partial charge in [-0.2, -0.15) is 5.10 Å². The number of nitrogens with one attached hydrogen (secondary N) is 1. The maximum Gasteiger partial charge on any atom is 0.113 e. The van der Waals surface area contributed by atoms with E-state index in [-0.39, 0.29) is 0 Å². The van der Waals surface area contributed by atoms with E-state index in [0.717, 1.165) is 32.3 Å². The fourth-order valence-electron chi connectivity index (χ4n) is 1.50. The van der Waals surface area contributed by atoms with Crippen LogP contribution in [0.4, 0.5) is 0 Å². The highest BCUT2D eigenvalue weighted by Crippen LogP contribution is 2.13. The molecule has 0 aromatic heterocycles. The summed E-state index contributed by atoms with van der Waals surface area (Å²) in [6.07, 6.45) is 4.40. The molecule has 0 aromatic rings. The van der Waals surface area contributed by atoms with Crippen molar-refractivity contribution in [1.82, 2.24) is 10.0 Å². The Balaban J connectivity index is 2.48. The third kappa shape index (κ3) is 2.90. The first kappa shape index (κ1) is 10.8. The van der Waals surface area contributed by atoms with Crippen molar-refractivity contribution in [2.75, 3.05) is 13.1 Å². The molecule has 0 spiro atoms. The van der Waals surface area contributed by atoms with Gasteiger partial charge in [0.15, 0.2) is 0 Å². The van der Waals surface area contributed by atoms with E-state index in [1.54, 1.807) is 10.0 Å². The van der Waals surface area contributed by atoms with E-state index in [2.05, 4.69) is 16.8 Å². The SMILES string of the molecule is C=NN(C=NC=N)C1CCN(N)CC1. The minimum atomic E-state index is 0.302. The van der Waals surface area contributed by atoms with Crippen molar-refractivity contribution >= 4 is 19.4 Å². The Morgan fingerprint density at radius 3 is 2.64 bits per heavy atom. The molecule has 1 heterocycles. The molecule has 0 aromatic carbocycles. The molecule has 0 amide bonds. The summed E-state index contributed by atoms with van der Waals surface area (Å²) in [5.74, 6) is 5.64. The highest BCUT2D eigenvalue weighted by atomic mass is 15.5. The van der Waals surface area contributed by atoms with Crippen molar-refractivity contribution < 1.29 is 0 Å². The summed E-state index contributed by atoms with van der Waals surface area (Å²) >= 11 is 0. The van der Waals surface area contributed by atoms with E-state index in [0.29, 0.717) is 6.04 Å². The Morgan fingerprint density at radius 1 is 1.50 bits per heavy atom. The molecule has 0 aliphatic carbocycles. The van der Waals surface area contributed by atoms with Gasteiger partial charge in [-0.3, -0.25) is 16.3 Å². The van der Waals surface area contributed by atoms with Crippen LogP contribution in [0.2, 0.25) is 0 Å². The molecule has 6 heteroatoms. The molecular weight excluding hydrogens is 180 g/mol. The van der Waals surface area contributed by atoms with Crippen molar-refractivity contribution in [3.05, 3.63) is 0 Å². The van der Waals surface area contributed by atoms with E-state index in [1.165, 1.54) is 6.34 Å². The highest BCUT2D eigenvalue weighted by molar-refractivity contribution is 5.69. The molecule has 1 aliphatic heterocycles. The van der Waals surface area contributed by atoms with Crippen LogP contribution >= 0.6 is 0 Å². The monoisotopic (exact) mass is 196 g/mol. The zero-order chi connectivity index (χ0) is 10.4. The summed E-state index contributed by atoms with van der Waals surface area (Å²) in [6.45, 7) is 5.19. The Labute approximate surface area is 83.6 Å². The number of hydrazine groups is 1. The van der Waals surface area contributed by atoms with Crippen LogP contribution in [-0.2, 0) is 0 Å². The van der Waals surface area contributed by atoms with Crippen molar-refractivity contribution in [2.24, 2.45) is 15.9 Å². The first-order chi connectivity index (χ1) is 6.77. The van der Waals surface area contributed by atoms with E-state index in [4.69, 9.17) is 11.3 Å². The topological polar surface area (TPSA) is 81.1 Å². The van der Waals surface area contributed by atoms with Gasteiger partial charge in [-0.25, -0.2) is 10.0 Å². The highest BCUT2D eigenvalue weighted by Gasteiger charge is 2.20. The van der Waals surface area contributed by atoms with Gasteiger partial charge in [0, 0.05) is 19.8 Å². The van der Waals surface area contributed by atoms with E-state index >= 15 is 0 Å². The number of piperidine rings is 1. The molecule has 3 N–H and O–H groups in total. The van der Waals surface area contributed by atoms with Gasteiger partial charge in [0.25, 0.3) is 0 Å². The van der Waals surface area contributed by atoms with Crippen LogP contribution in [0.15, 0.2) is 10.1 Å². The molecule has 0 unspecified atom stereocenters. The zero-order valence-corrected chi connectivity index (χ0v) is 8.13. The third-order valence-electron chi connectivity index (χ3n) is 2.30. The fourth-order valence-corrected chi connectivity index (χ4v) is 1.50. The van der Waals surface area contributed by atoms with Crippen LogP contribution in [0.1, 0.15) is 12.8 Å². The van der Waals surface area contributed by atoms with Gasteiger partial charge in [0.05, 0.1) is 6.04 Å². The number of nitrogens with two attached hydrogens (primary N) is 1. The summed E-state index contributed by atoms with van der Waals surface area (Å²) in [6, 6.07) is 0.302. The van der Waals surface area contributed by atoms with Crippen LogP contribution in [0.5, 0.6) is 0 Å². The Bertz CT molecular complexity index is 218. The van der Waals surface area contributed by atoms with Gasteiger partial charge >= 0.3 is 0 Å². The van der Waals surface area contributed by atoms with Crippen LogP contribution < -0.4 is 5.84 Å². The average molecular weight is 196 g/mol. The molecule has 0 radical (unpaired) electrons. The van der Waals surface area contributed by atoms with Crippen LogP contribution in [0.25, 0.3) is 0 Å². The first-order valence-corrected chi connectivity index (χ1v) is 4.54. The number of hydrazone groups is 1. The molecular formula is C8H16N6. The largest absolute Gasteiger partial charge is 0.289 e. The molecule has 1 fully saturated rings. The molecule has 1 aliphatic rings. The second-order valence-electron chi connectivity index (χ2n) is 3.18. The smallest absolute Gasteiger partial charge is 0.113 e. The minimum Gasteiger partial charge on any atom is -0.289 e. The van der Waals surface area contributed by atoms with E-state index in [9.17, 15) is 0 Å². The number of aliphatic imine (C=N–C) groups is 1. The average Bonchev–Trinajstić information content (AvgIpc) is 2.21. The second kappa shape index (κ2) is 5.46. The zero-order valence-electron chi connectivity index (χ0n) is 8.13. The van der Waals surface area contributed by atoms with Gasteiger partial charge in [-0.05, 0) is 12.8 Å². The second-order valence-corrected chi connectivity index (χ2v) is 3.18. The molecule has 0 bridgehead atoms. The molecule has 1 saturated heterocycles. The maximum atomic E-state index is 6.78. The minimum absolute atomic E-state index is 0.302. The van der Waals surface area contributed by atoms with E-state index < -0.39 is 0 Å². The summed E-state index contributed by atoms with van der Waals surface area (Å²) in [4.78, 5) is 3.70. The molecule has 1 rings (SSSR count). The lowest BCUT2D eigenvalue weighted by Gasteiger charge is -2.32. The van der Waals surface area contributed by atoms with Gasteiger partial charge in [0.1, 0.15) is 12.7 Å². The summed E-state index contributed by atoms with van der Waals surface area (Å²) in [5.41, 5.74) is 0. The molecule has 6 nitrogen and oxygen atoms in total. The van der Waals surface area contributed by atoms with Gasteiger partial charge < -0.3 is 0 Å². The lowest BCUT2D eigenvalue weighted by molar-refractivity contribution is 0.160. The van der Waals surface area contributed by atoms with Crippen molar-refractivity contribution in [3.63, 3.8) is 0 Å². The van der Waals surface area contributed by atoms with Gasteiger partial charge in [0.2, 0.25) is 0 Å². The number of rotatable bonds is 4. The number of hydrogen-bond donors (Lipinski definition) is 2. The van der Waals surface area contributed by atoms with Gasteiger partial charge in [-0.1, -0.05) is 0 Å². The predicted octanol–water partition coefficient (Wildman–Crippen LogP) is -0.123. The Morgan fingerprint density at radius 2 is 2.14 bits per heavy atom. The quantitative estimate of drug-likeness (QED) is 0.284. The van der Waals surface area contributed by atoms with Crippen molar-refractivity contribution in [1.29, 1.82) is 5.41 Å². The van der Waals surface area contributed by atoms with Crippen LogP contribution in [-0.4, -0.2) is 48.5 Å². The Kier molecular flexibility index (Phi) is 4.21. The fraction of sp³-hybridized carbons (Fsp3) is 0.625. The summed E-state index contributed by atoms with van der Waals surface area (Å²) in [5, 5.41) is 14.1. The van der Waals surface area contributed by atoms with E-state index in [1.807, 2.05) is 0 Å². The molecule has 0 atom stereocenters. The van der Waals surface area contributed by atoms with Crippen molar-refractivity contribution in [3.8, 4) is 0 Å². The molecule has 14 heavy (non-hydrogen) atoms. The normalized spacial score (nSPS) is 19.8. The lowest BCUT2D eigenvalue weighted by atomic mass is 10.1. The predicted molar refractivity (Wildman–Crippen MR) is 57.4 cm³/mol. The molecule has 78 valence electrons. The van der Waals surface area contributed by atoms with Gasteiger partial charge in [-0.15, -0.1) is 0 Å². The summed E-state index contributed by atoms with van der Waals surface area (Å²) in [7, 11) is 0. The lowest BCUT2D eigenvalue weighted by Crippen LogP contribution is -2.45. The number of nitrogens with zero attached hydrogens (tertiary/aromatic N) is 4. The third-order valence-corrected chi connectivity index (χ3v) is 2.30. The standard InChI is InChI=1S/C8H16N6/c1-11-14(7-12-6-9)8-2-4-13(10)5-3-8/h6-9H,1-5,10H2. The summed E-state index contributed by atoms with van der Waals surface area (Å²) < 4.78 is 0. The molecule has 0 saturated carbocycles. The Hall–Kier alpha value is -1.27.